The summed E-state index contributed by atoms with van der Waals surface area (Å²) in [6.45, 7) is 5.17. The van der Waals surface area contributed by atoms with Crippen molar-refractivity contribution < 1.29 is 0 Å². The molecule has 4 heteroatoms. The largest absolute Gasteiger partial charge is 0.233 e. The Balaban J connectivity index is 1.79. The Morgan fingerprint density at radius 1 is 1.00 bits per heavy atom. The van der Waals surface area contributed by atoms with E-state index < -0.39 is 0 Å². The summed E-state index contributed by atoms with van der Waals surface area (Å²) in [6.07, 6.45) is 9.57. The topological polar surface area (TPSA) is 30.7 Å². The predicted molar refractivity (Wildman–Crippen MR) is 97.0 cm³/mol. The van der Waals surface area contributed by atoms with Crippen LogP contribution in [0.4, 0.5) is 0 Å². The monoisotopic (exact) mass is 333 g/mol. The number of aromatic nitrogens is 3. The zero-order chi connectivity index (χ0) is 16.5. The fraction of sp³-hybridized carbons (Fsp3) is 0.579. The molecule has 0 radical (unpaired) electrons. The van der Waals surface area contributed by atoms with Gasteiger partial charge in [-0.1, -0.05) is 80.1 Å². The van der Waals surface area contributed by atoms with Crippen molar-refractivity contribution in [2.24, 2.45) is 0 Å². The van der Waals surface area contributed by atoms with Gasteiger partial charge in [-0.3, -0.25) is 0 Å². The maximum atomic E-state index is 6.43. The van der Waals surface area contributed by atoms with Crippen LogP contribution in [0.15, 0.2) is 24.3 Å². The molecule has 0 aliphatic carbocycles. The SMILES string of the molecule is CCCCCCCCc1nnn(CCc2ccccc2C)c1Cl. The second-order valence-corrected chi connectivity index (χ2v) is 6.60. The van der Waals surface area contributed by atoms with Crippen LogP contribution in [0.25, 0.3) is 0 Å². The van der Waals surface area contributed by atoms with Crippen LogP contribution < -0.4 is 0 Å². The maximum absolute atomic E-state index is 6.43. The molecule has 126 valence electrons. The smallest absolute Gasteiger partial charge is 0.150 e. The van der Waals surface area contributed by atoms with Crippen LogP contribution in [-0.4, -0.2) is 15.0 Å². The fourth-order valence-corrected chi connectivity index (χ4v) is 3.07. The molecule has 0 amide bonds. The summed E-state index contributed by atoms with van der Waals surface area (Å²) in [5, 5.41) is 9.20. The molecule has 2 rings (SSSR count). The molecular weight excluding hydrogens is 306 g/mol. The van der Waals surface area contributed by atoms with E-state index in [1.807, 2.05) is 4.68 Å². The molecule has 0 unspecified atom stereocenters. The molecule has 2 aromatic rings. The molecule has 0 atom stereocenters. The van der Waals surface area contributed by atoms with Crippen molar-refractivity contribution >= 4 is 11.6 Å². The molecule has 0 aliphatic rings. The van der Waals surface area contributed by atoms with Gasteiger partial charge in [-0.05, 0) is 37.3 Å². The Kier molecular flexibility index (Phi) is 7.60. The van der Waals surface area contributed by atoms with E-state index >= 15 is 0 Å². The minimum absolute atomic E-state index is 0.715. The number of rotatable bonds is 10. The second-order valence-electron chi connectivity index (χ2n) is 6.24. The van der Waals surface area contributed by atoms with Gasteiger partial charge in [0, 0.05) is 6.54 Å². The van der Waals surface area contributed by atoms with Crippen LogP contribution >= 0.6 is 11.6 Å². The lowest BCUT2D eigenvalue weighted by molar-refractivity contribution is 0.588. The lowest BCUT2D eigenvalue weighted by atomic mass is 10.1. The van der Waals surface area contributed by atoms with E-state index in [9.17, 15) is 0 Å². The standard InChI is InChI=1S/C19H28ClN3/c1-3-4-5-6-7-8-13-18-19(20)23(22-21-18)15-14-17-12-10-9-11-16(17)2/h9-12H,3-8,13-15H2,1-2H3. The van der Waals surface area contributed by atoms with Crippen molar-refractivity contribution in [1.82, 2.24) is 15.0 Å². The Bertz CT molecular complexity index is 592. The summed E-state index contributed by atoms with van der Waals surface area (Å²) < 4.78 is 1.83. The minimum atomic E-state index is 0.715. The third kappa shape index (κ3) is 5.65. The highest BCUT2D eigenvalue weighted by Gasteiger charge is 2.10. The van der Waals surface area contributed by atoms with Crippen LogP contribution in [0.2, 0.25) is 5.15 Å². The first-order valence-corrected chi connectivity index (χ1v) is 9.22. The molecule has 0 fully saturated rings. The van der Waals surface area contributed by atoms with Crippen LogP contribution in [0, 0.1) is 6.92 Å². The van der Waals surface area contributed by atoms with Crippen molar-refractivity contribution in [3.05, 3.63) is 46.2 Å². The molecule has 0 saturated heterocycles. The molecule has 3 nitrogen and oxygen atoms in total. The van der Waals surface area contributed by atoms with E-state index in [1.54, 1.807) is 0 Å². The van der Waals surface area contributed by atoms with Crippen molar-refractivity contribution in [2.75, 3.05) is 0 Å². The van der Waals surface area contributed by atoms with E-state index in [4.69, 9.17) is 11.6 Å². The van der Waals surface area contributed by atoms with Crippen LogP contribution in [0.1, 0.15) is 62.3 Å². The average Bonchev–Trinajstić information content (AvgIpc) is 2.90. The summed E-state index contributed by atoms with van der Waals surface area (Å²) >= 11 is 6.43. The molecule has 1 aromatic carbocycles. The lowest BCUT2D eigenvalue weighted by Crippen LogP contribution is -2.04. The fourth-order valence-electron chi connectivity index (χ4n) is 2.82. The Labute approximate surface area is 145 Å². The van der Waals surface area contributed by atoms with E-state index in [2.05, 4.69) is 48.4 Å². The average molecular weight is 334 g/mol. The molecule has 0 saturated carbocycles. The highest BCUT2D eigenvalue weighted by Crippen LogP contribution is 2.17. The van der Waals surface area contributed by atoms with Gasteiger partial charge in [-0.25, -0.2) is 4.68 Å². The third-order valence-electron chi connectivity index (χ3n) is 4.36. The number of nitrogens with zero attached hydrogens (tertiary/aromatic N) is 3. The highest BCUT2D eigenvalue weighted by atomic mass is 35.5. The Morgan fingerprint density at radius 3 is 2.52 bits per heavy atom. The first kappa shape index (κ1) is 18.0. The maximum Gasteiger partial charge on any atom is 0.150 e. The van der Waals surface area contributed by atoms with Crippen LogP contribution in [-0.2, 0) is 19.4 Å². The van der Waals surface area contributed by atoms with Gasteiger partial charge in [0.05, 0.1) is 0 Å². The quantitative estimate of drug-likeness (QED) is 0.546. The molecule has 0 spiro atoms. The summed E-state index contributed by atoms with van der Waals surface area (Å²) in [5.41, 5.74) is 3.61. The number of benzene rings is 1. The first-order valence-electron chi connectivity index (χ1n) is 8.84. The van der Waals surface area contributed by atoms with Gasteiger partial charge in [0.1, 0.15) is 5.69 Å². The number of unbranched alkanes of at least 4 members (excludes halogenated alkanes) is 5. The van der Waals surface area contributed by atoms with Gasteiger partial charge in [-0.2, -0.15) is 0 Å². The predicted octanol–water partition coefficient (Wildman–Crippen LogP) is 5.39. The summed E-state index contributed by atoms with van der Waals surface area (Å²) in [4.78, 5) is 0. The van der Waals surface area contributed by atoms with Crippen molar-refractivity contribution in [3.63, 3.8) is 0 Å². The molecule has 1 aromatic heterocycles. The third-order valence-corrected chi connectivity index (χ3v) is 4.77. The number of aryl methyl sites for hydroxylation is 4. The van der Waals surface area contributed by atoms with E-state index in [0.29, 0.717) is 5.15 Å². The van der Waals surface area contributed by atoms with Crippen LogP contribution in [0.5, 0.6) is 0 Å². The van der Waals surface area contributed by atoms with E-state index in [1.165, 1.54) is 43.2 Å². The zero-order valence-corrected chi connectivity index (χ0v) is 15.1. The molecule has 1 heterocycles. The van der Waals surface area contributed by atoms with Gasteiger partial charge in [0.25, 0.3) is 0 Å². The Hall–Kier alpha value is -1.35. The Morgan fingerprint density at radius 2 is 1.74 bits per heavy atom. The van der Waals surface area contributed by atoms with Crippen molar-refractivity contribution in [2.45, 2.75) is 71.8 Å². The minimum Gasteiger partial charge on any atom is -0.233 e. The van der Waals surface area contributed by atoms with Gasteiger partial charge in [0.2, 0.25) is 0 Å². The summed E-state index contributed by atoms with van der Waals surface area (Å²) in [5.74, 6) is 0. The first-order chi connectivity index (χ1) is 11.2. The molecule has 0 bridgehead atoms. The van der Waals surface area contributed by atoms with Crippen molar-refractivity contribution in [1.29, 1.82) is 0 Å². The molecule has 0 aliphatic heterocycles. The van der Waals surface area contributed by atoms with Gasteiger partial charge in [-0.15, -0.1) is 5.10 Å². The zero-order valence-electron chi connectivity index (χ0n) is 14.4. The lowest BCUT2D eigenvalue weighted by Gasteiger charge is -2.06. The normalized spacial score (nSPS) is 11.1. The highest BCUT2D eigenvalue weighted by molar-refractivity contribution is 6.30. The van der Waals surface area contributed by atoms with Gasteiger partial charge < -0.3 is 0 Å². The van der Waals surface area contributed by atoms with Gasteiger partial charge in [0.15, 0.2) is 5.15 Å². The number of hydrogen-bond donors (Lipinski definition) is 0. The second kappa shape index (κ2) is 9.71. The molecular formula is C19H28ClN3. The number of halogens is 1. The van der Waals surface area contributed by atoms with E-state index in [-0.39, 0.29) is 0 Å². The van der Waals surface area contributed by atoms with Gasteiger partial charge >= 0.3 is 0 Å². The molecule has 23 heavy (non-hydrogen) atoms. The van der Waals surface area contributed by atoms with E-state index in [0.717, 1.165) is 31.5 Å². The summed E-state index contributed by atoms with van der Waals surface area (Å²) in [7, 11) is 0. The van der Waals surface area contributed by atoms with Crippen molar-refractivity contribution in [3.8, 4) is 0 Å². The molecule has 0 N–H and O–H groups in total. The number of hydrogen-bond acceptors (Lipinski definition) is 2. The summed E-state index contributed by atoms with van der Waals surface area (Å²) in [6, 6.07) is 8.45. The van der Waals surface area contributed by atoms with Crippen LogP contribution in [0.3, 0.4) is 0 Å².